The van der Waals surface area contributed by atoms with Gasteiger partial charge in [-0.1, -0.05) is 31.4 Å². The Morgan fingerprint density at radius 3 is 2.74 bits per heavy atom. The van der Waals surface area contributed by atoms with Crippen LogP contribution in [0.4, 0.5) is 0 Å². The highest BCUT2D eigenvalue weighted by molar-refractivity contribution is 5.27. The Kier molecular flexibility index (Phi) is 5.71. The van der Waals surface area contributed by atoms with E-state index < -0.39 is 0 Å². The number of hydrogen-bond acceptors (Lipinski definition) is 2. The molecule has 1 unspecified atom stereocenters. The molecule has 1 aliphatic carbocycles. The molecule has 1 aliphatic rings. The molecule has 0 bridgehead atoms. The highest BCUT2D eigenvalue weighted by Gasteiger charge is 2.22. The van der Waals surface area contributed by atoms with Crippen LogP contribution in [0, 0.1) is 12.8 Å². The Hall–Kier alpha value is -1.02. The number of hydrogen-bond donors (Lipinski definition) is 1. The van der Waals surface area contributed by atoms with Gasteiger partial charge in [-0.05, 0) is 56.8 Å². The van der Waals surface area contributed by atoms with E-state index in [4.69, 9.17) is 4.74 Å². The lowest BCUT2D eigenvalue weighted by Crippen LogP contribution is -2.36. The van der Waals surface area contributed by atoms with Crippen LogP contribution in [0.5, 0.6) is 5.75 Å². The van der Waals surface area contributed by atoms with Crippen molar-refractivity contribution < 1.29 is 4.74 Å². The molecule has 0 aliphatic heterocycles. The molecule has 0 aromatic heterocycles. The summed E-state index contributed by atoms with van der Waals surface area (Å²) in [5.41, 5.74) is 1.26. The Morgan fingerprint density at radius 1 is 1.26 bits per heavy atom. The molecule has 0 heterocycles. The zero-order chi connectivity index (χ0) is 13.5. The summed E-state index contributed by atoms with van der Waals surface area (Å²) in [5, 5.41) is 3.49. The molecule has 1 aromatic carbocycles. The average Bonchev–Trinajstić information content (AvgIpc) is 2.45. The van der Waals surface area contributed by atoms with Gasteiger partial charge in [-0.2, -0.15) is 0 Å². The minimum Gasteiger partial charge on any atom is -0.494 e. The van der Waals surface area contributed by atoms with Crippen LogP contribution in [0.15, 0.2) is 24.3 Å². The molecule has 2 rings (SSSR count). The van der Waals surface area contributed by atoms with Gasteiger partial charge in [0.25, 0.3) is 0 Å². The average molecular weight is 261 g/mol. The van der Waals surface area contributed by atoms with Gasteiger partial charge in [-0.3, -0.25) is 0 Å². The maximum absolute atomic E-state index is 5.87. The highest BCUT2D eigenvalue weighted by Crippen LogP contribution is 2.27. The van der Waals surface area contributed by atoms with Gasteiger partial charge < -0.3 is 10.1 Å². The largest absolute Gasteiger partial charge is 0.494 e. The van der Waals surface area contributed by atoms with Crippen molar-refractivity contribution in [2.75, 3.05) is 13.7 Å². The van der Waals surface area contributed by atoms with E-state index in [0.717, 1.165) is 24.7 Å². The summed E-state index contributed by atoms with van der Waals surface area (Å²) < 4.78 is 5.87. The third kappa shape index (κ3) is 4.54. The first-order chi connectivity index (χ1) is 9.29. The second kappa shape index (κ2) is 7.54. The molecule has 0 amide bonds. The van der Waals surface area contributed by atoms with Gasteiger partial charge in [-0.15, -0.1) is 0 Å². The molecular formula is C17H27NO. The molecule has 19 heavy (non-hydrogen) atoms. The number of aryl methyl sites for hydroxylation is 1. The first-order valence-electron chi connectivity index (χ1n) is 7.66. The second-order valence-electron chi connectivity index (χ2n) is 5.75. The SMILES string of the molecule is CNC(CCOc1cccc(C)c1)C1CCCCC1. The molecule has 0 radical (unpaired) electrons. The molecular weight excluding hydrogens is 234 g/mol. The third-order valence-corrected chi connectivity index (χ3v) is 4.28. The Morgan fingerprint density at radius 2 is 2.05 bits per heavy atom. The van der Waals surface area contributed by atoms with Crippen molar-refractivity contribution in [3.8, 4) is 5.75 Å². The Bertz CT molecular complexity index is 371. The van der Waals surface area contributed by atoms with Crippen LogP contribution < -0.4 is 10.1 Å². The zero-order valence-electron chi connectivity index (χ0n) is 12.3. The lowest BCUT2D eigenvalue weighted by Gasteiger charge is -2.30. The van der Waals surface area contributed by atoms with Crippen LogP contribution in [-0.2, 0) is 0 Å². The van der Waals surface area contributed by atoms with Crippen molar-refractivity contribution in [2.45, 2.75) is 51.5 Å². The topological polar surface area (TPSA) is 21.3 Å². The first-order valence-corrected chi connectivity index (χ1v) is 7.66. The van der Waals surface area contributed by atoms with Crippen LogP contribution in [0.3, 0.4) is 0 Å². The zero-order valence-corrected chi connectivity index (χ0v) is 12.3. The lowest BCUT2D eigenvalue weighted by atomic mass is 9.83. The summed E-state index contributed by atoms with van der Waals surface area (Å²) in [6.07, 6.45) is 8.11. The fourth-order valence-electron chi connectivity index (χ4n) is 3.16. The van der Waals surface area contributed by atoms with Crippen LogP contribution in [-0.4, -0.2) is 19.7 Å². The summed E-state index contributed by atoms with van der Waals surface area (Å²) in [6.45, 7) is 2.91. The number of benzene rings is 1. The molecule has 106 valence electrons. The maximum Gasteiger partial charge on any atom is 0.119 e. The van der Waals surface area contributed by atoms with Crippen LogP contribution >= 0.6 is 0 Å². The van der Waals surface area contributed by atoms with Crippen LogP contribution in [0.1, 0.15) is 44.1 Å². The molecule has 1 fully saturated rings. The predicted octanol–water partition coefficient (Wildman–Crippen LogP) is 3.93. The standard InChI is InChI=1S/C17H27NO/c1-14-7-6-10-16(13-14)19-12-11-17(18-2)15-8-4-3-5-9-15/h6-7,10,13,15,17-18H,3-5,8-9,11-12H2,1-2H3. The number of nitrogens with one attached hydrogen (secondary N) is 1. The third-order valence-electron chi connectivity index (χ3n) is 4.28. The minimum absolute atomic E-state index is 0.616. The van der Waals surface area contributed by atoms with E-state index >= 15 is 0 Å². The van der Waals surface area contributed by atoms with Crippen molar-refractivity contribution >= 4 is 0 Å². The van der Waals surface area contributed by atoms with Gasteiger partial charge in [-0.25, -0.2) is 0 Å². The van der Waals surface area contributed by atoms with Gasteiger partial charge >= 0.3 is 0 Å². The first kappa shape index (κ1) is 14.4. The highest BCUT2D eigenvalue weighted by atomic mass is 16.5. The van der Waals surface area contributed by atoms with Crippen molar-refractivity contribution in [1.29, 1.82) is 0 Å². The fourth-order valence-corrected chi connectivity index (χ4v) is 3.16. The van der Waals surface area contributed by atoms with E-state index in [2.05, 4.69) is 37.5 Å². The van der Waals surface area contributed by atoms with Crippen molar-refractivity contribution in [1.82, 2.24) is 5.32 Å². The molecule has 0 spiro atoms. The van der Waals surface area contributed by atoms with Gasteiger partial charge in [0.1, 0.15) is 5.75 Å². The molecule has 2 nitrogen and oxygen atoms in total. The van der Waals surface area contributed by atoms with Crippen LogP contribution in [0.25, 0.3) is 0 Å². The molecule has 1 saturated carbocycles. The van der Waals surface area contributed by atoms with Crippen molar-refractivity contribution in [2.24, 2.45) is 5.92 Å². The van der Waals surface area contributed by atoms with E-state index in [1.54, 1.807) is 0 Å². The monoisotopic (exact) mass is 261 g/mol. The summed E-state index contributed by atoms with van der Waals surface area (Å²) in [4.78, 5) is 0. The normalized spacial score (nSPS) is 18.2. The number of ether oxygens (including phenoxy) is 1. The van der Waals surface area contributed by atoms with Gasteiger partial charge in [0.05, 0.1) is 6.61 Å². The molecule has 1 aromatic rings. The Balaban J connectivity index is 1.76. The van der Waals surface area contributed by atoms with E-state index in [-0.39, 0.29) is 0 Å². The van der Waals surface area contributed by atoms with Gasteiger partial charge in [0.15, 0.2) is 0 Å². The molecule has 1 N–H and O–H groups in total. The quantitative estimate of drug-likeness (QED) is 0.837. The van der Waals surface area contributed by atoms with Crippen LogP contribution in [0.2, 0.25) is 0 Å². The smallest absolute Gasteiger partial charge is 0.119 e. The molecule has 2 heteroatoms. The summed E-state index contributed by atoms with van der Waals surface area (Å²) in [7, 11) is 2.09. The summed E-state index contributed by atoms with van der Waals surface area (Å²) in [6, 6.07) is 8.92. The molecule has 0 saturated heterocycles. The minimum atomic E-state index is 0.616. The van der Waals surface area contributed by atoms with E-state index in [1.165, 1.54) is 37.7 Å². The second-order valence-corrected chi connectivity index (χ2v) is 5.75. The Labute approximate surface area is 117 Å². The fraction of sp³-hybridized carbons (Fsp3) is 0.647. The molecule has 1 atom stereocenters. The van der Waals surface area contributed by atoms with Gasteiger partial charge in [0, 0.05) is 6.04 Å². The predicted molar refractivity (Wildman–Crippen MR) is 80.7 cm³/mol. The maximum atomic E-state index is 5.87. The lowest BCUT2D eigenvalue weighted by molar-refractivity contribution is 0.224. The van der Waals surface area contributed by atoms with Crippen molar-refractivity contribution in [3.05, 3.63) is 29.8 Å². The summed E-state index contributed by atoms with van der Waals surface area (Å²) in [5.74, 6) is 1.85. The van der Waals surface area contributed by atoms with E-state index in [9.17, 15) is 0 Å². The van der Waals surface area contributed by atoms with E-state index in [1.807, 2.05) is 6.07 Å². The van der Waals surface area contributed by atoms with Gasteiger partial charge in [0.2, 0.25) is 0 Å². The number of rotatable bonds is 6. The van der Waals surface area contributed by atoms with E-state index in [0.29, 0.717) is 6.04 Å². The summed E-state index contributed by atoms with van der Waals surface area (Å²) >= 11 is 0. The van der Waals surface area contributed by atoms with Crippen molar-refractivity contribution in [3.63, 3.8) is 0 Å².